The molecule has 0 bridgehead atoms. The maximum absolute atomic E-state index is 11.9. The minimum atomic E-state index is -2.03. The number of para-hydroxylation sites is 1. The van der Waals surface area contributed by atoms with Crippen LogP contribution in [0.4, 0.5) is 0 Å². The average Bonchev–Trinajstić information content (AvgIpc) is 2.74. The SMILES string of the molecule is O=CNC(OC(=O)Cn1c(=O)sc2ccccc21)C(Cl)(Cl)Cl. The summed E-state index contributed by atoms with van der Waals surface area (Å²) in [6.07, 6.45) is -1.21. The molecule has 0 radical (unpaired) electrons. The van der Waals surface area contributed by atoms with Crippen molar-refractivity contribution in [1.82, 2.24) is 9.88 Å². The number of rotatable bonds is 5. The standard InChI is InChI=1S/C12H9Cl3N2O4S/c13-12(14,15)10(16-6-18)21-9(19)5-17-7-3-1-2-4-8(7)22-11(17)20/h1-4,6,10H,5H2,(H,16,18). The van der Waals surface area contributed by atoms with Crippen molar-refractivity contribution in [3.8, 4) is 0 Å². The number of carbonyl (C=O) groups is 2. The molecule has 0 aliphatic rings. The van der Waals surface area contributed by atoms with Crippen molar-refractivity contribution in [2.75, 3.05) is 0 Å². The Morgan fingerprint density at radius 3 is 2.73 bits per heavy atom. The molecular weight excluding hydrogens is 375 g/mol. The van der Waals surface area contributed by atoms with Crippen LogP contribution < -0.4 is 10.2 Å². The maximum atomic E-state index is 11.9. The number of nitrogens with zero attached hydrogens (tertiary/aromatic N) is 1. The van der Waals surface area contributed by atoms with E-state index in [4.69, 9.17) is 39.5 Å². The van der Waals surface area contributed by atoms with Gasteiger partial charge in [0.25, 0.3) is 0 Å². The van der Waals surface area contributed by atoms with Crippen molar-refractivity contribution in [1.29, 1.82) is 0 Å². The lowest BCUT2D eigenvalue weighted by Gasteiger charge is -2.23. The molecule has 1 aromatic heterocycles. The van der Waals surface area contributed by atoms with Crippen LogP contribution in [0.5, 0.6) is 0 Å². The highest BCUT2D eigenvalue weighted by Gasteiger charge is 2.36. The monoisotopic (exact) mass is 382 g/mol. The van der Waals surface area contributed by atoms with E-state index in [1.807, 2.05) is 0 Å². The number of carbonyl (C=O) groups excluding carboxylic acids is 2. The summed E-state index contributed by atoms with van der Waals surface area (Å²) in [5.74, 6) is -0.823. The fourth-order valence-electron chi connectivity index (χ4n) is 1.72. The zero-order valence-electron chi connectivity index (χ0n) is 10.8. The van der Waals surface area contributed by atoms with E-state index < -0.39 is 16.0 Å². The number of halogens is 3. The number of benzene rings is 1. The van der Waals surface area contributed by atoms with Gasteiger partial charge in [-0.15, -0.1) is 0 Å². The predicted octanol–water partition coefficient (Wildman–Crippen LogP) is 2.05. The third-order valence-electron chi connectivity index (χ3n) is 2.63. The molecule has 6 nitrogen and oxygen atoms in total. The number of ether oxygens (including phenoxy) is 1. The van der Waals surface area contributed by atoms with Gasteiger partial charge < -0.3 is 10.1 Å². The van der Waals surface area contributed by atoms with Gasteiger partial charge >= 0.3 is 10.8 Å². The van der Waals surface area contributed by atoms with Crippen molar-refractivity contribution in [2.45, 2.75) is 16.6 Å². The van der Waals surface area contributed by atoms with Gasteiger partial charge in [-0.05, 0) is 12.1 Å². The lowest BCUT2D eigenvalue weighted by molar-refractivity contribution is -0.151. The molecule has 0 spiro atoms. The third kappa shape index (κ3) is 3.92. The predicted molar refractivity (Wildman–Crippen MR) is 85.5 cm³/mol. The largest absolute Gasteiger partial charge is 0.436 e. The van der Waals surface area contributed by atoms with Gasteiger partial charge in [-0.3, -0.25) is 19.0 Å². The topological polar surface area (TPSA) is 77.4 Å². The van der Waals surface area contributed by atoms with Gasteiger partial charge in [0.05, 0.1) is 10.2 Å². The zero-order valence-corrected chi connectivity index (χ0v) is 13.9. The quantitative estimate of drug-likeness (QED) is 0.371. The summed E-state index contributed by atoms with van der Waals surface area (Å²) in [7, 11) is 0. The molecule has 0 saturated carbocycles. The molecule has 2 aromatic rings. The summed E-state index contributed by atoms with van der Waals surface area (Å²) in [4.78, 5) is 34.0. The minimum Gasteiger partial charge on any atom is -0.436 e. The molecule has 1 atom stereocenters. The summed E-state index contributed by atoms with van der Waals surface area (Å²) in [5.41, 5.74) is 0.600. The third-order valence-corrected chi connectivity index (χ3v) is 4.18. The number of hydrogen-bond donors (Lipinski definition) is 1. The highest BCUT2D eigenvalue weighted by atomic mass is 35.6. The molecule has 10 heteroatoms. The van der Waals surface area contributed by atoms with Crippen LogP contribution in [0.15, 0.2) is 29.1 Å². The molecule has 0 saturated heterocycles. The van der Waals surface area contributed by atoms with Gasteiger partial charge in [0.1, 0.15) is 6.54 Å². The van der Waals surface area contributed by atoms with Crippen molar-refractivity contribution >= 4 is 68.7 Å². The molecular formula is C12H9Cl3N2O4S. The summed E-state index contributed by atoms with van der Waals surface area (Å²) in [5, 5.41) is 2.08. The van der Waals surface area contributed by atoms with E-state index in [1.54, 1.807) is 24.3 Å². The van der Waals surface area contributed by atoms with Crippen molar-refractivity contribution in [2.24, 2.45) is 0 Å². The first-order valence-electron chi connectivity index (χ1n) is 5.87. The Labute approximate surface area is 143 Å². The van der Waals surface area contributed by atoms with Gasteiger partial charge in [-0.1, -0.05) is 58.3 Å². The number of hydrogen-bond acceptors (Lipinski definition) is 5. The van der Waals surface area contributed by atoms with Gasteiger partial charge in [0, 0.05) is 0 Å². The normalized spacial score (nSPS) is 12.9. The number of amides is 1. The highest BCUT2D eigenvalue weighted by molar-refractivity contribution is 7.16. The highest BCUT2D eigenvalue weighted by Crippen LogP contribution is 2.30. The van der Waals surface area contributed by atoms with Crippen LogP contribution in [0.2, 0.25) is 0 Å². The number of esters is 1. The lowest BCUT2D eigenvalue weighted by Crippen LogP contribution is -2.44. The first-order chi connectivity index (χ1) is 10.3. The molecule has 1 unspecified atom stereocenters. The first-order valence-corrected chi connectivity index (χ1v) is 7.82. The summed E-state index contributed by atoms with van der Waals surface area (Å²) >= 11 is 17.8. The van der Waals surface area contributed by atoms with Crippen LogP contribution in [0.3, 0.4) is 0 Å². The van der Waals surface area contributed by atoms with Crippen LogP contribution >= 0.6 is 46.1 Å². The van der Waals surface area contributed by atoms with Crippen molar-refractivity contribution in [3.63, 3.8) is 0 Å². The number of thiazole rings is 1. The van der Waals surface area contributed by atoms with Crippen LogP contribution in [0.25, 0.3) is 10.2 Å². The molecule has 0 aliphatic heterocycles. The Hall–Kier alpha value is -1.28. The summed E-state index contributed by atoms with van der Waals surface area (Å²) in [6.45, 7) is -0.360. The summed E-state index contributed by atoms with van der Waals surface area (Å²) in [6, 6.07) is 7.00. The Bertz CT molecular complexity index is 753. The molecule has 0 fully saturated rings. The molecule has 0 aliphatic carbocycles. The van der Waals surface area contributed by atoms with Crippen molar-refractivity contribution in [3.05, 3.63) is 33.9 Å². The van der Waals surface area contributed by atoms with E-state index in [0.717, 1.165) is 16.0 Å². The number of aromatic nitrogens is 1. The average molecular weight is 384 g/mol. The first kappa shape index (κ1) is 17.1. The molecule has 1 heterocycles. The number of nitrogens with one attached hydrogen (secondary N) is 1. The molecule has 2 rings (SSSR count). The Morgan fingerprint density at radius 1 is 1.41 bits per heavy atom. The molecule has 1 N–H and O–H groups in total. The second kappa shape index (κ2) is 6.87. The van der Waals surface area contributed by atoms with Gasteiger partial charge in [0.15, 0.2) is 0 Å². The maximum Gasteiger partial charge on any atom is 0.328 e. The van der Waals surface area contributed by atoms with Crippen LogP contribution in [0, 0.1) is 0 Å². The van der Waals surface area contributed by atoms with E-state index >= 15 is 0 Å². The number of fused-ring (bicyclic) bond motifs is 1. The van der Waals surface area contributed by atoms with E-state index in [9.17, 15) is 14.4 Å². The van der Waals surface area contributed by atoms with E-state index in [-0.39, 0.29) is 17.8 Å². The summed E-state index contributed by atoms with van der Waals surface area (Å²) < 4.78 is 4.86. The smallest absolute Gasteiger partial charge is 0.328 e. The van der Waals surface area contributed by atoms with Crippen LogP contribution in [-0.4, -0.2) is 27.0 Å². The molecule has 1 aromatic carbocycles. The molecule has 118 valence electrons. The Morgan fingerprint density at radius 2 is 2.09 bits per heavy atom. The second-order valence-corrected chi connectivity index (χ2v) is 7.48. The fraction of sp³-hybridized carbons (Fsp3) is 0.250. The van der Waals surface area contributed by atoms with Gasteiger partial charge in [-0.2, -0.15) is 0 Å². The van der Waals surface area contributed by atoms with E-state index in [1.165, 1.54) is 4.57 Å². The Balaban J connectivity index is 2.19. The lowest BCUT2D eigenvalue weighted by atomic mass is 10.3. The van der Waals surface area contributed by atoms with Crippen LogP contribution in [-0.2, 0) is 20.9 Å². The minimum absolute atomic E-state index is 0.242. The Kier molecular flexibility index (Phi) is 5.33. The van der Waals surface area contributed by atoms with Crippen LogP contribution in [0.1, 0.15) is 0 Å². The number of alkyl halides is 3. The van der Waals surface area contributed by atoms with Crippen molar-refractivity contribution < 1.29 is 14.3 Å². The molecule has 1 amide bonds. The van der Waals surface area contributed by atoms with Gasteiger partial charge in [-0.25, -0.2) is 0 Å². The second-order valence-electron chi connectivity index (χ2n) is 4.12. The zero-order chi connectivity index (χ0) is 16.3. The fourth-order valence-corrected chi connectivity index (χ4v) is 2.93. The molecule has 22 heavy (non-hydrogen) atoms. The van der Waals surface area contributed by atoms with E-state index in [2.05, 4.69) is 5.32 Å². The van der Waals surface area contributed by atoms with E-state index in [0.29, 0.717) is 5.52 Å². The van der Waals surface area contributed by atoms with Gasteiger partial charge in [0.2, 0.25) is 16.4 Å².